The van der Waals surface area contributed by atoms with Crippen LogP contribution in [-0.4, -0.2) is 55.2 Å². The minimum atomic E-state index is -0.113. The Morgan fingerprint density at radius 3 is 2.65 bits per heavy atom. The van der Waals surface area contributed by atoms with Crippen molar-refractivity contribution in [3.63, 3.8) is 0 Å². The van der Waals surface area contributed by atoms with Gasteiger partial charge in [-0.3, -0.25) is 9.69 Å². The third-order valence-electron chi connectivity index (χ3n) is 6.26. The van der Waals surface area contributed by atoms with Crippen molar-refractivity contribution in [2.75, 3.05) is 45.1 Å². The number of carbonyl (C=O) groups excluding carboxylic acids is 1. The van der Waals surface area contributed by atoms with Gasteiger partial charge in [0.05, 0.1) is 13.2 Å². The molecular formula is C29H30N4O3S. The zero-order valence-corrected chi connectivity index (χ0v) is 21.4. The third-order valence-corrected chi connectivity index (χ3v) is 7.29. The maximum absolute atomic E-state index is 12.4. The molecular weight excluding hydrogens is 484 g/mol. The summed E-state index contributed by atoms with van der Waals surface area (Å²) in [5.41, 5.74) is 9.20. The molecule has 1 aliphatic heterocycles. The molecule has 0 radical (unpaired) electrons. The summed E-state index contributed by atoms with van der Waals surface area (Å²) in [5, 5.41) is 5.95. The highest BCUT2D eigenvalue weighted by molar-refractivity contribution is 7.18. The first kappa shape index (κ1) is 25.0. The van der Waals surface area contributed by atoms with Gasteiger partial charge in [-0.05, 0) is 54.3 Å². The van der Waals surface area contributed by atoms with Gasteiger partial charge in [0.1, 0.15) is 17.3 Å². The predicted octanol–water partition coefficient (Wildman–Crippen LogP) is 5.19. The Hall–Kier alpha value is -3.72. The van der Waals surface area contributed by atoms with E-state index in [2.05, 4.69) is 20.6 Å². The van der Waals surface area contributed by atoms with Crippen LogP contribution < -0.4 is 15.8 Å². The molecule has 2 aromatic carbocycles. The highest BCUT2D eigenvalue weighted by atomic mass is 32.1. The second kappa shape index (κ2) is 12.0. The number of fused-ring (bicyclic) bond motifs is 1. The molecule has 1 saturated heterocycles. The summed E-state index contributed by atoms with van der Waals surface area (Å²) in [5.74, 6) is 1.92. The number of para-hydroxylation sites is 1. The van der Waals surface area contributed by atoms with Crippen LogP contribution in [0.4, 0.5) is 5.82 Å². The van der Waals surface area contributed by atoms with Gasteiger partial charge in [-0.2, -0.15) is 0 Å². The molecule has 3 N–H and O–H groups in total. The molecule has 3 heterocycles. The summed E-state index contributed by atoms with van der Waals surface area (Å²) < 4.78 is 12.3. The number of rotatable bonds is 9. The smallest absolute Gasteiger partial charge is 0.244 e. The number of nitrogens with zero attached hydrogens (tertiary/aromatic N) is 2. The molecule has 190 valence electrons. The quantitative estimate of drug-likeness (QED) is 0.236. The van der Waals surface area contributed by atoms with E-state index >= 15 is 0 Å². The van der Waals surface area contributed by atoms with Crippen LogP contribution in [0.25, 0.3) is 27.3 Å². The number of amides is 1. The number of hydrogen-bond donors (Lipinski definition) is 2. The summed E-state index contributed by atoms with van der Waals surface area (Å²) in [6.07, 6.45) is 6.01. The van der Waals surface area contributed by atoms with Crippen molar-refractivity contribution in [3.05, 3.63) is 77.8 Å². The van der Waals surface area contributed by atoms with Crippen molar-refractivity contribution in [1.82, 2.24) is 15.2 Å². The Bertz CT molecular complexity index is 1360. The maximum Gasteiger partial charge on any atom is 0.244 e. The zero-order valence-electron chi connectivity index (χ0n) is 20.6. The SMILES string of the molecule is Nc1ncc(/C=C/C(=O)NCCCN2CCOCC2)c2scc(-c3ccc(Oc4ccccc4)cc3)c12. The van der Waals surface area contributed by atoms with Gasteiger partial charge >= 0.3 is 0 Å². The number of pyridine rings is 1. The fourth-order valence-electron chi connectivity index (χ4n) is 4.31. The van der Waals surface area contributed by atoms with Crippen LogP contribution >= 0.6 is 11.3 Å². The van der Waals surface area contributed by atoms with Gasteiger partial charge in [-0.25, -0.2) is 4.98 Å². The lowest BCUT2D eigenvalue weighted by molar-refractivity contribution is -0.116. The number of carbonyl (C=O) groups is 1. The Balaban J connectivity index is 1.24. The number of nitrogen functional groups attached to an aromatic ring is 1. The maximum atomic E-state index is 12.4. The van der Waals surface area contributed by atoms with Gasteiger partial charge < -0.3 is 20.5 Å². The van der Waals surface area contributed by atoms with Gasteiger partial charge in [-0.1, -0.05) is 30.3 Å². The third kappa shape index (κ3) is 6.35. The number of nitrogens with one attached hydrogen (secondary N) is 1. The van der Waals surface area contributed by atoms with E-state index in [0.29, 0.717) is 12.4 Å². The Morgan fingerprint density at radius 2 is 1.86 bits per heavy atom. The van der Waals surface area contributed by atoms with Crippen molar-refractivity contribution < 1.29 is 14.3 Å². The van der Waals surface area contributed by atoms with Gasteiger partial charge in [0.15, 0.2) is 0 Å². The molecule has 5 rings (SSSR count). The average Bonchev–Trinajstić information content (AvgIpc) is 3.39. The molecule has 1 amide bonds. The number of ether oxygens (including phenoxy) is 2. The Morgan fingerprint density at radius 1 is 1.11 bits per heavy atom. The van der Waals surface area contributed by atoms with Gasteiger partial charge in [-0.15, -0.1) is 11.3 Å². The molecule has 37 heavy (non-hydrogen) atoms. The number of aromatic nitrogens is 1. The zero-order chi connectivity index (χ0) is 25.5. The molecule has 7 nitrogen and oxygen atoms in total. The fourth-order valence-corrected chi connectivity index (χ4v) is 5.39. The standard InChI is InChI=1S/C29H30N4O3S/c30-29-27-25(21-7-10-24(11-8-21)36-23-5-2-1-3-6-23)20-37-28(27)22(19-32-29)9-12-26(34)31-13-4-14-33-15-17-35-18-16-33/h1-3,5-12,19-20H,4,13-18H2,(H2,30,32)(H,31,34)/b12-9+. The number of benzene rings is 2. The summed E-state index contributed by atoms with van der Waals surface area (Å²) in [6.45, 7) is 5.11. The number of thiophene rings is 1. The lowest BCUT2D eigenvalue weighted by atomic mass is 10.0. The molecule has 0 saturated carbocycles. The minimum absolute atomic E-state index is 0.113. The van der Waals surface area contributed by atoms with Crippen LogP contribution in [0.5, 0.6) is 11.5 Å². The van der Waals surface area contributed by atoms with Crippen LogP contribution in [0.15, 0.2) is 72.3 Å². The first-order chi connectivity index (χ1) is 18.2. The van der Waals surface area contributed by atoms with Crippen LogP contribution in [0.2, 0.25) is 0 Å². The molecule has 0 unspecified atom stereocenters. The van der Waals surface area contributed by atoms with Crippen molar-refractivity contribution in [1.29, 1.82) is 0 Å². The average molecular weight is 515 g/mol. The van der Waals surface area contributed by atoms with Gasteiger partial charge in [0.2, 0.25) is 5.91 Å². The molecule has 1 aliphatic rings. The highest BCUT2D eigenvalue weighted by Crippen LogP contribution is 2.39. The predicted molar refractivity (Wildman–Crippen MR) is 150 cm³/mol. The van der Waals surface area contributed by atoms with Crippen molar-refractivity contribution in [3.8, 4) is 22.6 Å². The summed E-state index contributed by atoms with van der Waals surface area (Å²) in [6, 6.07) is 17.6. The van der Waals surface area contributed by atoms with E-state index in [-0.39, 0.29) is 5.91 Å². The number of anilines is 1. The van der Waals surface area contributed by atoms with Gasteiger partial charge in [0, 0.05) is 53.1 Å². The number of hydrogen-bond acceptors (Lipinski definition) is 7. The van der Waals surface area contributed by atoms with Crippen LogP contribution in [0.1, 0.15) is 12.0 Å². The van der Waals surface area contributed by atoms with E-state index in [9.17, 15) is 4.79 Å². The topological polar surface area (TPSA) is 89.7 Å². The lowest BCUT2D eigenvalue weighted by Gasteiger charge is -2.26. The molecule has 4 aromatic rings. The van der Waals surface area contributed by atoms with E-state index in [0.717, 1.165) is 77.5 Å². The molecule has 8 heteroatoms. The van der Waals surface area contributed by atoms with Crippen molar-refractivity contribution in [2.45, 2.75) is 6.42 Å². The second-order valence-corrected chi connectivity index (χ2v) is 9.70. The Labute approximate surface area is 220 Å². The largest absolute Gasteiger partial charge is 0.457 e. The molecule has 0 aliphatic carbocycles. The van der Waals surface area contributed by atoms with E-state index in [1.165, 1.54) is 0 Å². The van der Waals surface area contributed by atoms with Crippen LogP contribution in [-0.2, 0) is 9.53 Å². The highest BCUT2D eigenvalue weighted by Gasteiger charge is 2.14. The van der Waals surface area contributed by atoms with E-state index in [1.807, 2.05) is 60.7 Å². The lowest BCUT2D eigenvalue weighted by Crippen LogP contribution is -2.38. The van der Waals surface area contributed by atoms with Crippen LogP contribution in [0.3, 0.4) is 0 Å². The monoisotopic (exact) mass is 514 g/mol. The first-order valence-corrected chi connectivity index (χ1v) is 13.3. The first-order valence-electron chi connectivity index (χ1n) is 12.4. The van der Waals surface area contributed by atoms with E-state index < -0.39 is 0 Å². The summed E-state index contributed by atoms with van der Waals surface area (Å²) in [7, 11) is 0. The van der Waals surface area contributed by atoms with E-state index in [4.69, 9.17) is 15.2 Å². The fraction of sp³-hybridized carbons (Fsp3) is 0.241. The minimum Gasteiger partial charge on any atom is -0.457 e. The molecule has 0 spiro atoms. The summed E-state index contributed by atoms with van der Waals surface area (Å²) in [4.78, 5) is 19.1. The molecule has 1 fully saturated rings. The number of nitrogens with two attached hydrogens (primary N) is 1. The molecule has 0 atom stereocenters. The Kier molecular flexibility index (Phi) is 8.10. The second-order valence-electron chi connectivity index (χ2n) is 8.82. The van der Waals surface area contributed by atoms with E-state index in [1.54, 1.807) is 23.6 Å². The molecule has 0 bridgehead atoms. The molecule has 2 aromatic heterocycles. The number of morpholine rings is 1. The van der Waals surface area contributed by atoms with Crippen molar-refractivity contribution in [2.24, 2.45) is 0 Å². The van der Waals surface area contributed by atoms with Gasteiger partial charge in [0.25, 0.3) is 0 Å². The van der Waals surface area contributed by atoms with Crippen LogP contribution in [0, 0.1) is 0 Å². The van der Waals surface area contributed by atoms with Crippen molar-refractivity contribution >= 4 is 39.2 Å². The summed E-state index contributed by atoms with van der Waals surface area (Å²) >= 11 is 1.60. The normalized spacial score (nSPS) is 14.3.